The van der Waals surface area contributed by atoms with Crippen LogP contribution in [0.3, 0.4) is 0 Å². The highest BCUT2D eigenvalue weighted by molar-refractivity contribution is 5.77. The van der Waals surface area contributed by atoms with Gasteiger partial charge in [0.2, 0.25) is 5.91 Å². The van der Waals surface area contributed by atoms with Crippen LogP contribution in [0.4, 0.5) is 0 Å². The van der Waals surface area contributed by atoms with Gasteiger partial charge in [-0.15, -0.1) is 0 Å². The molecule has 0 aromatic carbocycles. The highest BCUT2D eigenvalue weighted by Gasteiger charge is 2.17. The second kappa shape index (κ2) is 9.00. The minimum Gasteiger partial charge on any atom is -0.481 e. The summed E-state index contributed by atoms with van der Waals surface area (Å²) in [5, 5.41) is 25.6. The van der Waals surface area contributed by atoms with Gasteiger partial charge < -0.3 is 10.0 Å². The van der Waals surface area contributed by atoms with Crippen molar-refractivity contribution in [2.45, 2.75) is 32.6 Å². The van der Waals surface area contributed by atoms with Crippen LogP contribution in [-0.4, -0.2) is 35.0 Å². The van der Waals surface area contributed by atoms with E-state index in [1.54, 1.807) is 6.92 Å². The van der Waals surface area contributed by atoms with E-state index in [0.717, 1.165) is 0 Å². The summed E-state index contributed by atoms with van der Waals surface area (Å²) in [6.45, 7) is 2.27. The first-order valence-corrected chi connectivity index (χ1v) is 5.74. The van der Waals surface area contributed by atoms with Gasteiger partial charge in [0.25, 0.3) is 0 Å². The predicted molar refractivity (Wildman–Crippen MR) is 63.1 cm³/mol. The van der Waals surface area contributed by atoms with Crippen LogP contribution in [0.15, 0.2) is 0 Å². The lowest BCUT2D eigenvalue weighted by Gasteiger charge is -2.21. The second-order valence-electron chi connectivity index (χ2n) is 4.10. The number of nitriles is 2. The van der Waals surface area contributed by atoms with Crippen LogP contribution in [0.25, 0.3) is 0 Å². The number of carboxylic acids is 1. The third-order valence-electron chi connectivity index (χ3n) is 2.39. The Hall–Kier alpha value is -2.08. The molecular formula is C12H17N3O3. The first-order valence-electron chi connectivity index (χ1n) is 5.74. The van der Waals surface area contributed by atoms with Crippen molar-refractivity contribution in [2.75, 3.05) is 13.1 Å². The lowest BCUT2D eigenvalue weighted by atomic mass is 10.0. The number of carbonyl (C=O) groups excluding carboxylic acids is 1. The number of hydrogen-bond acceptors (Lipinski definition) is 4. The van der Waals surface area contributed by atoms with Crippen molar-refractivity contribution < 1.29 is 14.7 Å². The number of hydrogen-bond donors (Lipinski definition) is 1. The van der Waals surface area contributed by atoms with E-state index in [0.29, 0.717) is 0 Å². The van der Waals surface area contributed by atoms with E-state index in [1.807, 2.05) is 12.1 Å². The lowest BCUT2D eigenvalue weighted by Crippen LogP contribution is -2.33. The van der Waals surface area contributed by atoms with Crippen LogP contribution in [0.1, 0.15) is 32.6 Å². The molecule has 6 nitrogen and oxygen atoms in total. The molecule has 0 aromatic rings. The molecule has 0 aliphatic rings. The largest absolute Gasteiger partial charge is 0.481 e. The summed E-state index contributed by atoms with van der Waals surface area (Å²) in [6.07, 6.45) is 0.494. The summed E-state index contributed by atoms with van der Waals surface area (Å²) in [7, 11) is 0. The number of carboxylic acid groups (broad SMARTS) is 1. The summed E-state index contributed by atoms with van der Waals surface area (Å²) in [4.78, 5) is 23.8. The van der Waals surface area contributed by atoms with Gasteiger partial charge in [-0.2, -0.15) is 10.5 Å². The molecule has 0 aliphatic heterocycles. The van der Waals surface area contributed by atoms with Crippen molar-refractivity contribution in [3.05, 3.63) is 0 Å². The van der Waals surface area contributed by atoms with E-state index < -0.39 is 5.97 Å². The molecule has 0 rings (SSSR count). The van der Waals surface area contributed by atoms with Crippen LogP contribution in [-0.2, 0) is 9.59 Å². The summed E-state index contributed by atoms with van der Waals surface area (Å²) in [5.41, 5.74) is 0. The van der Waals surface area contributed by atoms with Crippen molar-refractivity contribution in [3.8, 4) is 12.1 Å². The van der Waals surface area contributed by atoms with Crippen LogP contribution >= 0.6 is 0 Å². The number of rotatable bonds is 8. The molecule has 0 aromatic heterocycles. The molecule has 0 saturated carbocycles. The van der Waals surface area contributed by atoms with Gasteiger partial charge in [0.1, 0.15) is 0 Å². The summed E-state index contributed by atoms with van der Waals surface area (Å²) in [5.74, 6) is -1.38. The molecule has 0 radical (unpaired) electrons. The topological polar surface area (TPSA) is 105 Å². The fraction of sp³-hybridized carbons (Fsp3) is 0.667. The van der Waals surface area contributed by atoms with Crippen LogP contribution in [0, 0.1) is 28.6 Å². The van der Waals surface area contributed by atoms with E-state index in [-0.39, 0.29) is 50.6 Å². The Morgan fingerprint density at radius 3 is 2.06 bits per heavy atom. The molecule has 0 bridgehead atoms. The zero-order chi connectivity index (χ0) is 14.0. The van der Waals surface area contributed by atoms with Gasteiger partial charge in [-0.05, 0) is 5.92 Å². The number of nitrogens with zero attached hydrogens (tertiary/aromatic N) is 3. The molecule has 6 heteroatoms. The van der Waals surface area contributed by atoms with Crippen molar-refractivity contribution in [3.63, 3.8) is 0 Å². The van der Waals surface area contributed by atoms with Crippen molar-refractivity contribution in [1.82, 2.24) is 4.90 Å². The Balaban J connectivity index is 4.32. The molecular weight excluding hydrogens is 234 g/mol. The number of amides is 1. The Labute approximate surface area is 106 Å². The van der Waals surface area contributed by atoms with E-state index >= 15 is 0 Å². The standard InChI is InChI=1S/C12H17N3O3/c1-10(9-12(17)18)8-11(16)15(6-2-4-13)7-3-5-14/h10H,2-3,6-9H2,1H3,(H,17,18). The average molecular weight is 251 g/mol. The van der Waals surface area contributed by atoms with Gasteiger partial charge in [-0.1, -0.05) is 6.92 Å². The molecule has 0 saturated heterocycles. The molecule has 0 spiro atoms. The molecule has 0 fully saturated rings. The predicted octanol–water partition coefficient (Wildman–Crippen LogP) is 1.14. The summed E-state index contributed by atoms with van der Waals surface area (Å²) < 4.78 is 0. The molecule has 1 amide bonds. The second-order valence-corrected chi connectivity index (χ2v) is 4.10. The van der Waals surface area contributed by atoms with Gasteiger partial charge >= 0.3 is 5.97 Å². The van der Waals surface area contributed by atoms with Crippen LogP contribution < -0.4 is 0 Å². The quantitative estimate of drug-likeness (QED) is 0.696. The third kappa shape index (κ3) is 7.24. The van der Waals surface area contributed by atoms with Crippen molar-refractivity contribution in [1.29, 1.82) is 10.5 Å². The zero-order valence-electron chi connectivity index (χ0n) is 10.4. The van der Waals surface area contributed by atoms with Crippen molar-refractivity contribution >= 4 is 11.9 Å². The van der Waals surface area contributed by atoms with Gasteiger partial charge in [0, 0.05) is 25.9 Å². The highest BCUT2D eigenvalue weighted by Crippen LogP contribution is 2.10. The minimum absolute atomic E-state index is 0.0594. The molecule has 1 N–H and O–H groups in total. The molecule has 98 valence electrons. The van der Waals surface area contributed by atoms with Gasteiger partial charge in [0.15, 0.2) is 0 Å². The first-order chi connectivity index (χ1) is 8.51. The lowest BCUT2D eigenvalue weighted by molar-refractivity contribution is -0.138. The molecule has 0 aliphatic carbocycles. The van der Waals surface area contributed by atoms with E-state index in [9.17, 15) is 9.59 Å². The SMILES string of the molecule is CC(CC(=O)O)CC(=O)N(CCC#N)CCC#N. The Morgan fingerprint density at radius 1 is 1.17 bits per heavy atom. The zero-order valence-corrected chi connectivity index (χ0v) is 10.4. The minimum atomic E-state index is -0.934. The fourth-order valence-corrected chi connectivity index (χ4v) is 1.53. The van der Waals surface area contributed by atoms with E-state index in [4.69, 9.17) is 15.6 Å². The Bertz CT molecular complexity index is 350. The maximum absolute atomic E-state index is 11.9. The summed E-state index contributed by atoms with van der Waals surface area (Å²) >= 11 is 0. The molecule has 1 unspecified atom stereocenters. The van der Waals surface area contributed by atoms with E-state index in [2.05, 4.69) is 0 Å². The highest BCUT2D eigenvalue weighted by atomic mass is 16.4. The Morgan fingerprint density at radius 2 is 1.67 bits per heavy atom. The van der Waals surface area contributed by atoms with Crippen LogP contribution in [0.5, 0.6) is 0 Å². The fourth-order valence-electron chi connectivity index (χ4n) is 1.53. The molecule has 0 heterocycles. The van der Waals surface area contributed by atoms with Crippen molar-refractivity contribution in [2.24, 2.45) is 5.92 Å². The van der Waals surface area contributed by atoms with Gasteiger partial charge in [0.05, 0.1) is 25.0 Å². The number of carbonyl (C=O) groups is 2. The third-order valence-corrected chi connectivity index (χ3v) is 2.39. The van der Waals surface area contributed by atoms with Gasteiger partial charge in [-0.3, -0.25) is 9.59 Å². The molecule has 1 atom stereocenters. The van der Waals surface area contributed by atoms with E-state index in [1.165, 1.54) is 4.90 Å². The summed E-state index contributed by atoms with van der Waals surface area (Å²) in [6, 6.07) is 3.89. The van der Waals surface area contributed by atoms with Crippen LogP contribution in [0.2, 0.25) is 0 Å². The first kappa shape index (κ1) is 15.9. The smallest absolute Gasteiger partial charge is 0.303 e. The Kier molecular flexibility index (Phi) is 7.96. The maximum atomic E-state index is 11.9. The van der Waals surface area contributed by atoms with Gasteiger partial charge in [-0.25, -0.2) is 0 Å². The monoisotopic (exact) mass is 251 g/mol. The average Bonchev–Trinajstić information content (AvgIpc) is 2.27. The maximum Gasteiger partial charge on any atom is 0.303 e. The normalized spacial score (nSPS) is 11.1. The molecule has 18 heavy (non-hydrogen) atoms. The number of aliphatic carboxylic acids is 1.